The Hall–Kier alpha value is -1.55. The van der Waals surface area contributed by atoms with Gasteiger partial charge in [-0.15, -0.1) is 0 Å². The summed E-state index contributed by atoms with van der Waals surface area (Å²) in [6.07, 6.45) is 4.00. The first-order valence-corrected chi connectivity index (χ1v) is 7.76. The van der Waals surface area contributed by atoms with Gasteiger partial charge in [0.05, 0.1) is 7.11 Å². The number of amides is 1. The lowest BCUT2D eigenvalue weighted by molar-refractivity contribution is -0.116. The average molecular weight is 290 g/mol. The average Bonchev–Trinajstić information content (AvgIpc) is 2.50. The van der Waals surface area contributed by atoms with E-state index in [0.29, 0.717) is 12.3 Å². The Morgan fingerprint density at radius 1 is 1.43 bits per heavy atom. The number of benzene rings is 1. The first-order chi connectivity index (χ1) is 10.1. The fourth-order valence-corrected chi connectivity index (χ4v) is 2.99. The van der Waals surface area contributed by atoms with Crippen molar-refractivity contribution >= 4 is 11.6 Å². The van der Waals surface area contributed by atoms with Crippen molar-refractivity contribution in [1.29, 1.82) is 0 Å². The van der Waals surface area contributed by atoms with Crippen LogP contribution in [0.1, 0.15) is 36.8 Å². The molecule has 0 aromatic heterocycles. The fraction of sp³-hybridized carbons (Fsp3) is 0.588. The quantitative estimate of drug-likeness (QED) is 0.876. The van der Waals surface area contributed by atoms with Crippen LogP contribution in [0.4, 0.5) is 5.69 Å². The third-order valence-corrected chi connectivity index (χ3v) is 4.26. The number of carbonyl (C=O) groups excluding carboxylic acids is 1. The molecule has 0 radical (unpaired) electrons. The third-order valence-electron chi connectivity index (χ3n) is 4.26. The second kappa shape index (κ2) is 7.46. The highest BCUT2D eigenvalue weighted by Crippen LogP contribution is 2.29. The summed E-state index contributed by atoms with van der Waals surface area (Å²) in [6.45, 7) is 6.15. The van der Waals surface area contributed by atoms with Crippen LogP contribution >= 0.6 is 0 Å². The van der Waals surface area contributed by atoms with Crippen LogP contribution in [-0.4, -0.2) is 26.1 Å². The first-order valence-electron chi connectivity index (χ1n) is 7.76. The molecule has 1 atom stereocenters. The number of nitrogens with one attached hydrogen (secondary N) is 2. The van der Waals surface area contributed by atoms with Gasteiger partial charge < -0.3 is 15.4 Å². The number of piperidine rings is 1. The number of ether oxygens (including phenoxy) is 1. The van der Waals surface area contributed by atoms with Gasteiger partial charge in [-0.1, -0.05) is 6.07 Å². The Labute approximate surface area is 127 Å². The number of hydrogen-bond donors (Lipinski definition) is 2. The maximum Gasteiger partial charge on any atom is 0.224 e. The molecule has 2 N–H and O–H groups in total. The van der Waals surface area contributed by atoms with Gasteiger partial charge in [0.25, 0.3) is 0 Å². The van der Waals surface area contributed by atoms with E-state index in [1.807, 2.05) is 26.0 Å². The summed E-state index contributed by atoms with van der Waals surface area (Å²) in [5.41, 5.74) is 2.93. The highest BCUT2D eigenvalue weighted by Gasteiger charge is 2.15. The van der Waals surface area contributed by atoms with Gasteiger partial charge >= 0.3 is 0 Å². The van der Waals surface area contributed by atoms with E-state index in [-0.39, 0.29) is 5.91 Å². The summed E-state index contributed by atoms with van der Waals surface area (Å²) in [5, 5.41) is 6.40. The summed E-state index contributed by atoms with van der Waals surface area (Å²) < 4.78 is 5.39. The van der Waals surface area contributed by atoms with E-state index >= 15 is 0 Å². The maximum atomic E-state index is 12.1. The van der Waals surface area contributed by atoms with Crippen molar-refractivity contribution in [3.05, 3.63) is 23.3 Å². The molecule has 4 heteroatoms. The summed E-state index contributed by atoms with van der Waals surface area (Å²) in [4.78, 5) is 12.1. The molecular formula is C17H26N2O2. The predicted octanol–water partition coefficient (Wildman–Crippen LogP) is 3.03. The van der Waals surface area contributed by atoms with Crippen LogP contribution in [0.2, 0.25) is 0 Å². The van der Waals surface area contributed by atoms with Gasteiger partial charge in [0.2, 0.25) is 5.91 Å². The van der Waals surface area contributed by atoms with Gasteiger partial charge in [-0.2, -0.15) is 0 Å². The normalized spacial score (nSPS) is 18.3. The molecule has 0 saturated carbocycles. The van der Waals surface area contributed by atoms with Gasteiger partial charge in [0, 0.05) is 17.7 Å². The standard InChI is InChI=1S/C17H26N2O2/c1-12-6-8-15(13(2)17(12)21-3)19-16(20)9-7-14-5-4-10-18-11-14/h6,8,14,18H,4-5,7,9-11H2,1-3H3,(H,19,20). The van der Waals surface area contributed by atoms with Crippen LogP contribution in [0.15, 0.2) is 12.1 Å². The Bertz CT molecular complexity index is 494. The van der Waals surface area contributed by atoms with E-state index in [1.54, 1.807) is 7.11 Å². The van der Waals surface area contributed by atoms with E-state index in [0.717, 1.165) is 42.1 Å². The molecule has 4 nitrogen and oxygen atoms in total. The van der Waals surface area contributed by atoms with Crippen LogP contribution < -0.4 is 15.4 Å². The highest BCUT2D eigenvalue weighted by molar-refractivity contribution is 5.92. The van der Waals surface area contributed by atoms with Crippen molar-refractivity contribution in [2.45, 2.75) is 39.5 Å². The van der Waals surface area contributed by atoms with Gasteiger partial charge in [-0.3, -0.25) is 4.79 Å². The lowest BCUT2D eigenvalue weighted by atomic mass is 9.94. The predicted molar refractivity (Wildman–Crippen MR) is 85.9 cm³/mol. The second-order valence-corrected chi connectivity index (χ2v) is 5.89. The van der Waals surface area contributed by atoms with Gasteiger partial charge in [-0.25, -0.2) is 0 Å². The Morgan fingerprint density at radius 3 is 2.90 bits per heavy atom. The molecule has 1 aliphatic rings. The smallest absolute Gasteiger partial charge is 0.224 e. The zero-order chi connectivity index (χ0) is 15.2. The van der Waals surface area contributed by atoms with Crippen LogP contribution in [0.5, 0.6) is 5.75 Å². The van der Waals surface area contributed by atoms with Crippen LogP contribution in [-0.2, 0) is 4.79 Å². The molecule has 1 amide bonds. The molecule has 1 aromatic carbocycles. The Balaban J connectivity index is 1.90. The minimum Gasteiger partial charge on any atom is -0.496 e. The fourth-order valence-electron chi connectivity index (χ4n) is 2.99. The van der Waals surface area contributed by atoms with Crippen LogP contribution in [0, 0.1) is 19.8 Å². The lowest BCUT2D eigenvalue weighted by Gasteiger charge is -2.22. The van der Waals surface area contributed by atoms with Crippen molar-refractivity contribution in [2.24, 2.45) is 5.92 Å². The third kappa shape index (κ3) is 4.21. The Morgan fingerprint density at radius 2 is 2.24 bits per heavy atom. The monoisotopic (exact) mass is 290 g/mol. The van der Waals surface area contributed by atoms with Crippen molar-refractivity contribution in [2.75, 3.05) is 25.5 Å². The number of rotatable bonds is 5. The molecule has 1 aliphatic heterocycles. The molecule has 0 bridgehead atoms. The molecule has 0 spiro atoms. The number of aryl methyl sites for hydroxylation is 1. The number of hydrogen-bond acceptors (Lipinski definition) is 3. The minimum absolute atomic E-state index is 0.0922. The molecule has 21 heavy (non-hydrogen) atoms. The largest absolute Gasteiger partial charge is 0.496 e. The van der Waals surface area contributed by atoms with Crippen LogP contribution in [0.3, 0.4) is 0 Å². The molecule has 1 fully saturated rings. The topological polar surface area (TPSA) is 50.4 Å². The van der Waals surface area contributed by atoms with Crippen molar-refractivity contribution < 1.29 is 9.53 Å². The SMILES string of the molecule is COc1c(C)ccc(NC(=O)CCC2CCCNC2)c1C. The first kappa shape index (κ1) is 15.8. The van der Waals surface area contributed by atoms with Gasteiger partial charge in [-0.05, 0) is 63.7 Å². The van der Waals surface area contributed by atoms with E-state index < -0.39 is 0 Å². The van der Waals surface area contributed by atoms with Crippen molar-refractivity contribution in [1.82, 2.24) is 5.32 Å². The molecule has 0 aliphatic carbocycles. The molecular weight excluding hydrogens is 264 g/mol. The number of anilines is 1. The summed E-state index contributed by atoms with van der Waals surface area (Å²) in [6, 6.07) is 3.93. The van der Waals surface area contributed by atoms with Crippen LogP contribution in [0.25, 0.3) is 0 Å². The molecule has 2 rings (SSSR count). The maximum absolute atomic E-state index is 12.1. The van der Waals surface area contributed by atoms with Gasteiger partial charge in [0.1, 0.15) is 5.75 Å². The minimum atomic E-state index is 0.0922. The van der Waals surface area contributed by atoms with E-state index in [9.17, 15) is 4.79 Å². The molecule has 1 heterocycles. The number of carbonyl (C=O) groups is 1. The molecule has 1 unspecified atom stereocenters. The van der Waals surface area contributed by atoms with E-state index in [4.69, 9.17) is 4.74 Å². The second-order valence-electron chi connectivity index (χ2n) is 5.89. The van der Waals surface area contributed by atoms with Crippen molar-refractivity contribution in [3.8, 4) is 5.75 Å². The highest BCUT2D eigenvalue weighted by atomic mass is 16.5. The zero-order valence-electron chi connectivity index (χ0n) is 13.3. The molecule has 1 saturated heterocycles. The summed E-state index contributed by atoms with van der Waals surface area (Å²) in [7, 11) is 1.66. The van der Waals surface area contributed by atoms with Gasteiger partial charge in [0.15, 0.2) is 0 Å². The van der Waals surface area contributed by atoms with E-state index in [2.05, 4.69) is 10.6 Å². The zero-order valence-corrected chi connectivity index (χ0v) is 13.3. The van der Waals surface area contributed by atoms with E-state index in [1.165, 1.54) is 12.8 Å². The lowest BCUT2D eigenvalue weighted by Crippen LogP contribution is -2.30. The number of methoxy groups -OCH3 is 1. The summed E-state index contributed by atoms with van der Waals surface area (Å²) in [5.74, 6) is 1.58. The molecule has 116 valence electrons. The Kier molecular flexibility index (Phi) is 5.62. The summed E-state index contributed by atoms with van der Waals surface area (Å²) >= 11 is 0. The molecule has 1 aromatic rings. The van der Waals surface area contributed by atoms with Crippen molar-refractivity contribution in [3.63, 3.8) is 0 Å².